The third kappa shape index (κ3) is 6.21. The van der Waals surface area contributed by atoms with E-state index in [1.165, 1.54) is 5.56 Å². The van der Waals surface area contributed by atoms with E-state index in [-0.39, 0.29) is 11.0 Å². The van der Waals surface area contributed by atoms with Crippen LogP contribution in [-0.2, 0) is 12.0 Å². The second-order valence-electron chi connectivity index (χ2n) is 7.57. The first-order valence-electron chi connectivity index (χ1n) is 10.7. The van der Waals surface area contributed by atoms with Crippen LogP contribution in [0.25, 0.3) is 0 Å². The summed E-state index contributed by atoms with van der Waals surface area (Å²) in [6.07, 6.45) is 4.07. The van der Waals surface area contributed by atoms with E-state index in [1.54, 1.807) is 6.07 Å². The number of pyridine rings is 1. The summed E-state index contributed by atoms with van der Waals surface area (Å²) >= 11 is 0. The van der Waals surface area contributed by atoms with Crippen LogP contribution < -0.4 is 16.2 Å². The van der Waals surface area contributed by atoms with E-state index in [4.69, 9.17) is 0 Å². The number of hydrogen-bond donors (Lipinski definition) is 2. The normalized spacial score (nSPS) is 12.1. The molecule has 0 amide bonds. The van der Waals surface area contributed by atoms with Gasteiger partial charge in [0, 0.05) is 43.9 Å². The maximum Gasteiger partial charge on any atom is 0.250 e. The molecule has 0 bridgehead atoms. The lowest BCUT2D eigenvalue weighted by Gasteiger charge is -2.33. The fraction of sp³-hybridized carbons (Fsp3) is 0.500. The Bertz CT molecular complexity index is 822. The van der Waals surface area contributed by atoms with Crippen molar-refractivity contribution in [2.24, 2.45) is 4.99 Å². The van der Waals surface area contributed by atoms with Gasteiger partial charge in [0.1, 0.15) is 0 Å². The quantitative estimate of drug-likeness (QED) is 0.364. The van der Waals surface area contributed by atoms with Crippen molar-refractivity contribution in [1.82, 2.24) is 15.2 Å². The summed E-state index contributed by atoms with van der Waals surface area (Å²) in [6, 6.07) is 16.1. The highest BCUT2D eigenvalue weighted by atomic mass is 16.1. The summed E-state index contributed by atoms with van der Waals surface area (Å²) in [7, 11) is 1.81. The van der Waals surface area contributed by atoms with Gasteiger partial charge in [-0.3, -0.25) is 9.79 Å². The Morgan fingerprint density at radius 3 is 2.34 bits per heavy atom. The number of hydrogen-bond acceptors (Lipinski definition) is 2. The van der Waals surface area contributed by atoms with E-state index in [9.17, 15) is 4.79 Å². The maximum absolute atomic E-state index is 11.9. The van der Waals surface area contributed by atoms with Gasteiger partial charge in [-0.25, -0.2) is 0 Å². The van der Waals surface area contributed by atoms with Crippen molar-refractivity contribution in [3.8, 4) is 0 Å². The zero-order valence-electron chi connectivity index (χ0n) is 18.4. The zero-order chi connectivity index (χ0) is 21.1. The molecule has 0 spiro atoms. The van der Waals surface area contributed by atoms with Gasteiger partial charge in [0.05, 0.1) is 0 Å². The highest BCUT2D eigenvalue weighted by Crippen LogP contribution is 2.30. The minimum Gasteiger partial charge on any atom is -0.356 e. The van der Waals surface area contributed by atoms with Gasteiger partial charge in [0.25, 0.3) is 5.56 Å². The second-order valence-corrected chi connectivity index (χ2v) is 7.57. The topological polar surface area (TPSA) is 58.4 Å². The van der Waals surface area contributed by atoms with Gasteiger partial charge in [-0.05, 0) is 44.2 Å². The molecule has 2 aromatic rings. The van der Waals surface area contributed by atoms with E-state index in [0.29, 0.717) is 0 Å². The van der Waals surface area contributed by atoms with E-state index in [1.807, 2.05) is 30.7 Å². The van der Waals surface area contributed by atoms with Crippen molar-refractivity contribution in [3.63, 3.8) is 0 Å². The molecule has 0 saturated carbocycles. The molecule has 5 nitrogen and oxygen atoms in total. The zero-order valence-corrected chi connectivity index (χ0v) is 18.4. The van der Waals surface area contributed by atoms with Gasteiger partial charge in [-0.15, -0.1) is 0 Å². The van der Waals surface area contributed by atoms with Crippen LogP contribution in [0.2, 0.25) is 0 Å². The number of aryl methyl sites for hydroxylation is 1. The third-order valence-corrected chi connectivity index (χ3v) is 5.93. The molecule has 0 saturated heterocycles. The smallest absolute Gasteiger partial charge is 0.250 e. The number of aliphatic imine (C=N–C) groups is 1. The molecule has 0 fully saturated rings. The lowest BCUT2D eigenvalue weighted by atomic mass is 9.76. The molecule has 1 aromatic heterocycles. The van der Waals surface area contributed by atoms with E-state index < -0.39 is 0 Å². The minimum absolute atomic E-state index is 0.0758. The molecule has 2 rings (SSSR count). The second kappa shape index (κ2) is 11.4. The average Bonchev–Trinajstić information content (AvgIpc) is 2.75. The summed E-state index contributed by atoms with van der Waals surface area (Å²) in [5.41, 5.74) is 2.56. The number of nitrogens with zero attached hydrogens (tertiary/aromatic N) is 2. The Balaban J connectivity index is 1.82. The molecule has 0 atom stereocenters. The fourth-order valence-corrected chi connectivity index (χ4v) is 3.79. The fourth-order valence-electron chi connectivity index (χ4n) is 3.79. The number of benzene rings is 1. The van der Waals surface area contributed by atoms with Crippen LogP contribution in [0.3, 0.4) is 0 Å². The number of rotatable bonds is 10. The van der Waals surface area contributed by atoms with E-state index in [2.05, 4.69) is 59.8 Å². The molecule has 1 aromatic carbocycles. The molecule has 0 aliphatic heterocycles. The first-order valence-corrected chi connectivity index (χ1v) is 10.7. The van der Waals surface area contributed by atoms with Crippen molar-refractivity contribution in [2.75, 3.05) is 20.1 Å². The average molecular weight is 397 g/mol. The van der Waals surface area contributed by atoms with Gasteiger partial charge in [-0.2, -0.15) is 0 Å². The predicted molar refractivity (Wildman–Crippen MR) is 123 cm³/mol. The predicted octanol–water partition coefficient (Wildman–Crippen LogP) is 3.86. The van der Waals surface area contributed by atoms with Crippen molar-refractivity contribution in [3.05, 3.63) is 70.1 Å². The third-order valence-electron chi connectivity index (χ3n) is 5.93. The summed E-state index contributed by atoms with van der Waals surface area (Å²) < 4.78 is 1.84. The van der Waals surface area contributed by atoms with Crippen molar-refractivity contribution < 1.29 is 0 Å². The number of guanidine groups is 1. The first-order chi connectivity index (χ1) is 14.1. The lowest BCUT2D eigenvalue weighted by molar-refractivity contribution is 0.389. The van der Waals surface area contributed by atoms with E-state index >= 15 is 0 Å². The minimum atomic E-state index is 0.0758. The van der Waals surface area contributed by atoms with Crippen LogP contribution in [0.1, 0.15) is 50.8 Å². The molecular formula is C24H36N4O. The van der Waals surface area contributed by atoms with Gasteiger partial charge in [0.15, 0.2) is 5.96 Å². The summed E-state index contributed by atoms with van der Waals surface area (Å²) in [5, 5.41) is 6.93. The molecule has 0 aliphatic carbocycles. The molecule has 2 N–H and O–H groups in total. The summed E-state index contributed by atoms with van der Waals surface area (Å²) in [6.45, 7) is 8.91. The Kier molecular flexibility index (Phi) is 8.97. The molecule has 1 heterocycles. The largest absolute Gasteiger partial charge is 0.356 e. The SMILES string of the molecule is CCC(CC)(CNC(=NC)NCCCCn1c(C)cccc1=O)c1ccccc1. The van der Waals surface area contributed by atoms with Gasteiger partial charge in [-0.1, -0.05) is 50.2 Å². The molecule has 29 heavy (non-hydrogen) atoms. The first kappa shape index (κ1) is 22.7. The molecule has 0 aliphatic rings. The van der Waals surface area contributed by atoms with Crippen LogP contribution in [-0.4, -0.2) is 30.7 Å². The summed E-state index contributed by atoms with van der Waals surface area (Å²) in [4.78, 5) is 16.3. The molecule has 5 heteroatoms. The molecule has 158 valence electrons. The van der Waals surface area contributed by atoms with Crippen molar-refractivity contribution in [2.45, 2.75) is 58.4 Å². The number of aromatic nitrogens is 1. The highest BCUT2D eigenvalue weighted by molar-refractivity contribution is 5.79. The summed E-state index contributed by atoms with van der Waals surface area (Å²) in [5.74, 6) is 0.834. The monoisotopic (exact) mass is 396 g/mol. The van der Waals surface area contributed by atoms with Gasteiger partial charge < -0.3 is 15.2 Å². The molecule has 0 radical (unpaired) electrons. The standard InChI is InChI=1S/C24H36N4O/c1-5-24(6-2,21-14-8-7-9-15-21)19-27-23(25-4)26-17-10-11-18-28-20(3)13-12-16-22(28)29/h7-9,12-16H,5-6,10-11,17-19H2,1-4H3,(H2,25,26,27). The van der Waals surface area contributed by atoms with Gasteiger partial charge >= 0.3 is 0 Å². The van der Waals surface area contributed by atoms with Gasteiger partial charge in [0.2, 0.25) is 0 Å². The Hall–Kier alpha value is -2.56. The van der Waals surface area contributed by atoms with E-state index in [0.717, 1.165) is 57.0 Å². The van der Waals surface area contributed by atoms with Crippen LogP contribution in [0.4, 0.5) is 0 Å². The van der Waals surface area contributed by atoms with Crippen LogP contribution in [0, 0.1) is 6.92 Å². The maximum atomic E-state index is 11.9. The Labute approximate surface area is 175 Å². The number of nitrogens with one attached hydrogen (secondary N) is 2. The van der Waals surface area contributed by atoms with Crippen molar-refractivity contribution >= 4 is 5.96 Å². The van der Waals surface area contributed by atoms with Crippen LogP contribution in [0.5, 0.6) is 0 Å². The molecular weight excluding hydrogens is 360 g/mol. The number of unbranched alkanes of at least 4 members (excludes halogenated alkanes) is 1. The van der Waals surface area contributed by atoms with Crippen LogP contribution >= 0.6 is 0 Å². The Morgan fingerprint density at radius 2 is 1.72 bits per heavy atom. The van der Waals surface area contributed by atoms with Crippen molar-refractivity contribution in [1.29, 1.82) is 0 Å². The van der Waals surface area contributed by atoms with Crippen LogP contribution in [0.15, 0.2) is 58.3 Å². The molecule has 0 unspecified atom stereocenters. The highest BCUT2D eigenvalue weighted by Gasteiger charge is 2.28. The lowest BCUT2D eigenvalue weighted by Crippen LogP contribution is -2.45. The Morgan fingerprint density at radius 1 is 1.00 bits per heavy atom.